The maximum atomic E-state index is 13.1. The first-order chi connectivity index (χ1) is 14.9. The Morgan fingerprint density at radius 3 is 2.45 bits per heavy atom. The van der Waals surface area contributed by atoms with Crippen molar-refractivity contribution in [1.29, 1.82) is 0 Å². The maximum absolute atomic E-state index is 13.1. The first-order valence-electron chi connectivity index (χ1n) is 10.7. The van der Waals surface area contributed by atoms with E-state index in [0.29, 0.717) is 30.8 Å². The summed E-state index contributed by atoms with van der Waals surface area (Å²) in [5.41, 5.74) is 3.28. The normalized spacial score (nSPS) is 18.8. The van der Waals surface area contributed by atoms with Crippen LogP contribution in [0, 0.1) is 0 Å². The number of hydrogen-bond donors (Lipinski definition) is 0. The highest BCUT2D eigenvalue weighted by Gasteiger charge is 2.34. The number of benzene rings is 2. The van der Waals surface area contributed by atoms with Gasteiger partial charge in [0, 0.05) is 37.8 Å². The van der Waals surface area contributed by atoms with Gasteiger partial charge in [0.2, 0.25) is 10.0 Å². The topological polar surface area (TPSA) is 70.2 Å². The highest BCUT2D eigenvalue weighted by Crippen LogP contribution is 2.35. The minimum atomic E-state index is -3.33. The van der Waals surface area contributed by atoms with Gasteiger partial charge in [-0.25, -0.2) is 8.42 Å². The SMILES string of the molecule is CCS(=O)(=O)N1c2ccc(C(=O)N3CCN(c4ccccc4OC)CC3)cc2C[C@@H]1C. The monoisotopic (exact) mass is 443 g/mol. The predicted molar refractivity (Wildman–Crippen MR) is 123 cm³/mol. The Bertz CT molecular complexity index is 1080. The van der Waals surface area contributed by atoms with Gasteiger partial charge in [0.05, 0.1) is 24.2 Å². The van der Waals surface area contributed by atoms with Crippen LogP contribution < -0.4 is 13.9 Å². The molecule has 0 radical (unpaired) electrons. The van der Waals surface area contributed by atoms with E-state index in [0.717, 1.165) is 30.1 Å². The smallest absolute Gasteiger partial charge is 0.253 e. The second-order valence-corrected chi connectivity index (χ2v) is 10.2. The van der Waals surface area contributed by atoms with Gasteiger partial charge in [0.25, 0.3) is 5.91 Å². The summed E-state index contributed by atoms with van der Waals surface area (Å²) in [7, 11) is -1.66. The number of sulfonamides is 1. The molecule has 8 heteroatoms. The number of para-hydroxylation sites is 2. The van der Waals surface area contributed by atoms with Crippen molar-refractivity contribution < 1.29 is 17.9 Å². The number of piperazine rings is 1. The number of hydrogen-bond acceptors (Lipinski definition) is 5. The lowest BCUT2D eigenvalue weighted by Crippen LogP contribution is -2.48. The van der Waals surface area contributed by atoms with E-state index >= 15 is 0 Å². The van der Waals surface area contributed by atoms with E-state index in [4.69, 9.17) is 4.74 Å². The van der Waals surface area contributed by atoms with Crippen LogP contribution in [-0.2, 0) is 16.4 Å². The summed E-state index contributed by atoms with van der Waals surface area (Å²) in [6, 6.07) is 13.2. The molecule has 1 amide bonds. The van der Waals surface area contributed by atoms with Crippen molar-refractivity contribution in [3.05, 3.63) is 53.6 Å². The summed E-state index contributed by atoms with van der Waals surface area (Å²) in [5, 5.41) is 0. The molecule has 2 aliphatic heterocycles. The van der Waals surface area contributed by atoms with Crippen LogP contribution in [0.1, 0.15) is 29.8 Å². The van der Waals surface area contributed by atoms with E-state index in [-0.39, 0.29) is 17.7 Å². The highest BCUT2D eigenvalue weighted by molar-refractivity contribution is 7.92. The quantitative estimate of drug-likeness (QED) is 0.711. The van der Waals surface area contributed by atoms with Crippen molar-refractivity contribution >= 4 is 27.3 Å². The third-order valence-corrected chi connectivity index (χ3v) is 8.02. The Kier molecular flexibility index (Phi) is 5.83. The van der Waals surface area contributed by atoms with E-state index < -0.39 is 10.0 Å². The molecule has 1 atom stereocenters. The van der Waals surface area contributed by atoms with Gasteiger partial charge < -0.3 is 14.5 Å². The van der Waals surface area contributed by atoms with E-state index in [1.54, 1.807) is 26.2 Å². The average molecular weight is 444 g/mol. The molecule has 2 aromatic carbocycles. The van der Waals surface area contributed by atoms with E-state index in [1.807, 2.05) is 42.2 Å². The minimum absolute atomic E-state index is 0.00747. The number of rotatable bonds is 5. The fraction of sp³-hybridized carbons (Fsp3) is 0.435. The van der Waals surface area contributed by atoms with Gasteiger partial charge in [-0.05, 0) is 56.2 Å². The van der Waals surface area contributed by atoms with Crippen molar-refractivity contribution in [1.82, 2.24) is 4.90 Å². The van der Waals surface area contributed by atoms with E-state index in [1.165, 1.54) is 4.31 Å². The number of nitrogens with zero attached hydrogens (tertiary/aromatic N) is 3. The Labute approximate surface area is 184 Å². The summed E-state index contributed by atoms with van der Waals surface area (Å²) in [5.74, 6) is 0.891. The summed E-state index contributed by atoms with van der Waals surface area (Å²) in [6.45, 7) is 6.28. The van der Waals surface area contributed by atoms with Crippen LogP contribution in [0.3, 0.4) is 0 Å². The zero-order valence-electron chi connectivity index (χ0n) is 18.2. The molecule has 1 saturated heterocycles. The number of fused-ring (bicyclic) bond motifs is 1. The van der Waals surface area contributed by atoms with Gasteiger partial charge in [-0.15, -0.1) is 0 Å². The summed E-state index contributed by atoms with van der Waals surface area (Å²) in [4.78, 5) is 17.2. The van der Waals surface area contributed by atoms with Gasteiger partial charge in [-0.1, -0.05) is 12.1 Å². The largest absolute Gasteiger partial charge is 0.495 e. The first kappa shape index (κ1) is 21.5. The zero-order valence-corrected chi connectivity index (χ0v) is 19.1. The molecule has 0 spiro atoms. The number of carbonyl (C=O) groups excluding carboxylic acids is 1. The number of methoxy groups -OCH3 is 1. The predicted octanol–water partition coefficient (Wildman–Crippen LogP) is 2.76. The molecular formula is C23H29N3O4S. The second kappa shape index (κ2) is 8.42. The van der Waals surface area contributed by atoms with Crippen molar-refractivity contribution in [3.8, 4) is 5.75 Å². The molecule has 4 rings (SSSR count). The van der Waals surface area contributed by atoms with E-state index in [2.05, 4.69) is 4.90 Å². The summed E-state index contributed by atoms with van der Waals surface area (Å²) in [6.07, 6.45) is 0.622. The fourth-order valence-corrected chi connectivity index (χ4v) is 5.90. The Morgan fingerprint density at radius 1 is 1.06 bits per heavy atom. The molecule has 31 heavy (non-hydrogen) atoms. The van der Waals surface area contributed by atoms with Gasteiger partial charge >= 0.3 is 0 Å². The molecule has 2 aliphatic rings. The fourth-order valence-electron chi connectivity index (χ4n) is 4.52. The number of amides is 1. The molecular weight excluding hydrogens is 414 g/mol. The zero-order chi connectivity index (χ0) is 22.2. The van der Waals surface area contributed by atoms with E-state index in [9.17, 15) is 13.2 Å². The Hall–Kier alpha value is -2.74. The van der Waals surface area contributed by atoms with Crippen LogP contribution in [0.2, 0.25) is 0 Å². The van der Waals surface area contributed by atoms with Crippen LogP contribution in [-0.4, -0.2) is 64.3 Å². The molecule has 1 fully saturated rings. The standard InChI is InChI=1S/C23H29N3O4S/c1-4-31(28,29)26-17(2)15-19-16-18(9-10-20(19)26)23(27)25-13-11-24(12-14-25)21-7-5-6-8-22(21)30-3/h5-10,16-17H,4,11-15H2,1-3H3/t17-/m0/s1. The lowest BCUT2D eigenvalue weighted by Gasteiger charge is -2.36. The van der Waals surface area contributed by atoms with Gasteiger partial charge in [0.15, 0.2) is 0 Å². The minimum Gasteiger partial charge on any atom is -0.495 e. The first-order valence-corrected chi connectivity index (χ1v) is 12.3. The van der Waals surface area contributed by atoms with Crippen molar-refractivity contribution in [2.45, 2.75) is 26.3 Å². The molecule has 0 N–H and O–H groups in total. The molecule has 0 saturated carbocycles. The number of anilines is 2. The van der Waals surface area contributed by atoms with Crippen LogP contribution in [0.15, 0.2) is 42.5 Å². The van der Waals surface area contributed by atoms with Crippen LogP contribution in [0.25, 0.3) is 0 Å². The van der Waals surface area contributed by atoms with Crippen LogP contribution >= 0.6 is 0 Å². The third-order valence-electron chi connectivity index (χ3n) is 6.14. The van der Waals surface area contributed by atoms with Crippen LogP contribution in [0.4, 0.5) is 11.4 Å². The van der Waals surface area contributed by atoms with Gasteiger partial charge in [-0.2, -0.15) is 0 Å². The summed E-state index contributed by atoms with van der Waals surface area (Å²) < 4.78 is 31.9. The Balaban J connectivity index is 1.48. The molecule has 0 aromatic heterocycles. The maximum Gasteiger partial charge on any atom is 0.253 e. The molecule has 0 unspecified atom stereocenters. The van der Waals surface area contributed by atoms with Crippen molar-refractivity contribution in [2.24, 2.45) is 0 Å². The number of ether oxygens (including phenoxy) is 1. The van der Waals surface area contributed by atoms with Crippen LogP contribution in [0.5, 0.6) is 5.75 Å². The molecule has 7 nitrogen and oxygen atoms in total. The molecule has 166 valence electrons. The molecule has 0 aliphatic carbocycles. The highest BCUT2D eigenvalue weighted by atomic mass is 32.2. The van der Waals surface area contributed by atoms with Crippen molar-refractivity contribution in [2.75, 3.05) is 48.2 Å². The van der Waals surface area contributed by atoms with Gasteiger partial charge in [-0.3, -0.25) is 9.10 Å². The molecule has 2 aromatic rings. The third kappa shape index (κ3) is 3.96. The summed E-state index contributed by atoms with van der Waals surface area (Å²) >= 11 is 0. The lowest BCUT2D eigenvalue weighted by molar-refractivity contribution is 0.0746. The average Bonchev–Trinajstić information content (AvgIpc) is 3.14. The number of carbonyl (C=O) groups is 1. The molecule has 0 bridgehead atoms. The lowest BCUT2D eigenvalue weighted by atomic mass is 10.1. The molecule has 2 heterocycles. The Morgan fingerprint density at radius 2 is 1.77 bits per heavy atom. The second-order valence-electron chi connectivity index (χ2n) is 8.04. The van der Waals surface area contributed by atoms with Gasteiger partial charge in [0.1, 0.15) is 5.75 Å². The van der Waals surface area contributed by atoms with Crippen molar-refractivity contribution in [3.63, 3.8) is 0 Å².